The van der Waals surface area contributed by atoms with Crippen LogP contribution in [0.3, 0.4) is 0 Å². The highest BCUT2D eigenvalue weighted by Crippen LogP contribution is 2.34. The zero-order valence-electron chi connectivity index (χ0n) is 14.5. The van der Waals surface area contributed by atoms with Gasteiger partial charge in [-0.25, -0.2) is 9.97 Å². The summed E-state index contributed by atoms with van der Waals surface area (Å²) in [6.07, 6.45) is 10.0. The predicted molar refractivity (Wildman–Crippen MR) is 96.8 cm³/mol. The number of nitrogens with zero attached hydrogens (tertiary/aromatic N) is 2. The molecule has 1 amide bonds. The van der Waals surface area contributed by atoms with Gasteiger partial charge in [0.2, 0.25) is 6.79 Å². The summed E-state index contributed by atoms with van der Waals surface area (Å²) in [5.41, 5.74) is 1.16. The third-order valence-corrected chi connectivity index (χ3v) is 4.72. The van der Waals surface area contributed by atoms with Crippen molar-refractivity contribution < 1.29 is 14.3 Å². The van der Waals surface area contributed by atoms with Crippen molar-refractivity contribution in [2.45, 2.75) is 44.6 Å². The van der Waals surface area contributed by atoms with Crippen LogP contribution in [0.1, 0.15) is 49.0 Å². The number of nitrogens with one attached hydrogen (secondary N) is 2. The first-order valence-corrected chi connectivity index (χ1v) is 9.07. The highest BCUT2D eigenvalue weighted by Gasteiger charge is 2.17. The Labute approximate surface area is 152 Å². The maximum Gasteiger partial charge on any atom is 0.271 e. The number of carbonyl (C=O) groups excluding carboxylic acids is 1. The molecule has 4 rings (SSSR count). The molecule has 7 heteroatoms. The number of aromatic nitrogens is 2. The maximum absolute atomic E-state index is 12.4. The van der Waals surface area contributed by atoms with Gasteiger partial charge in [-0.3, -0.25) is 4.79 Å². The number of benzene rings is 1. The summed E-state index contributed by atoms with van der Waals surface area (Å²) < 4.78 is 10.7. The largest absolute Gasteiger partial charge is 0.454 e. The van der Waals surface area contributed by atoms with Crippen LogP contribution in [0.5, 0.6) is 11.5 Å². The van der Waals surface area contributed by atoms with Gasteiger partial charge >= 0.3 is 0 Å². The first-order chi connectivity index (χ1) is 12.8. The van der Waals surface area contributed by atoms with Gasteiger partial charge in [0.1, 0.15) is 11.5 Å². The Balaban J connectivity index is 1.37. The fourth-order valence-electron chi connectivity index (χ4n) is 3.32. The van der Waals surface area contributed by atoms with E-state index in [9.17, 15) is 4.79 Å². The van der Waals surface area contributed by atoms with Crippen LogP contribution in [-0.2, 0) is 0 Å². The summed E-state index contributed by atoms with van der Waals surface area (Å²) >= 11 is 0. The van der Waals surface area contributed by atoms with Crippen molar-refractivity contribution in [3.8, 4) is 11.5 Å². The molecule has 2 aliphatic rings. The lowest BCUT2D eigenvalue weighted by molar-refractivity contribution is 0.0928. The number of anilines is 2. The van der Waals surface area contributed by atoms with Crippen LogP contribution in [0.15, 0.2) is 30.6 Å². The van der Waals surface area contributed by atoms with E-state index in [-0.39, 0.29) is 18.7 Å². The van der Waals surface area contributed by atoms with Gasteiger partial charge in [-0.2, -0.15) is 0 Å². The SMILES string of the molecule is O=C(NC1CCCCCC1)c1cnc(Nc2ccc3c(c2)OCO3)cn1. The lowest BCUT2D eigenvalue weighted by Crippen LogP contribution is -2.34. The molecule has 136 valence electrons. The number of hydrogen-bond donors (Lipinski definition) is 2. The van der Waals surface area contributed by atoms with E-state index in [1.807, 2.05) is 18.2 Å². The van der Waals surface area contributed by atoms with Crippen LogP contribution < -0.4 is 20.1 Å². The second-order valence-corrected chi connectivity index (χ2v) is 6.64. The Bertz CT molecular complexity index is 771. The van der Waals surface area contributed by atoms with Gasteiger partial charge in [0.25, 0.3) is 5.91 Å². The molecule has 7 nitrogen and oxygen atoms in total. The van der Waals surface area contributed by atoms with Gasteiger partial charge in [-0.15, -0.1) is 0 Å². The van der Waals surface area contributed by atoms with Gasteiger partial charge in [0.05, 0.1) is 12.4 Å². The number of fused-ring (bicyclic) bond motifs is 1. The van der Waals surface area contributed by atoms with Crippen LogP contribution in [-0.4, -0.2) is 28.7 Å². The normalized spacial score (nSPS) is 16.8. The zero-order chi connectivity index (χ0) is 17.8. The minimum Gasteiger partial charge on any atom is -0.454 e. The molecule has 2 aromatic rings. The molecule has 1 aliphatic carbocycles. The quantitative estimate of drug-likeness (QED) is 0.819. The number of hydrogen-bond acceptors (Lipinski definition) is 6. The van der Waals surface area contributed by atoms with E-state index in [1.165, 1.54) is 31.9 Å². The maximum atomic E-state index is 12.4. The molecule has 0 atom stereocenters. The van der Waals surface area contributed by atoms with E-state index in [4.69, 9.17) is 9.47 Å². The molecular weight excluding hydrogens is 332 g/mol. The second-order valence-electron chi connectivity index (χ2n) is 6.64. The fraction of sp³-hybridized carbons (Fsp3) is 0.421. The molecule has 0 bridgehead atoms. The summed E-state index contributed by atoms with van der Waals surface area (Å²) in [7, 11) is 0. The van der Waals surface area contributed by atoms with Crippen molar-refractivity contribution in [1.82, 2.24) is 15.3 Å². The van der Waals surface area contributed by atoms with Crippen molar-refractivity contribution in [1.29, 1.82) is 0 Å². The van der Waals surface area contributed by atoms with E-state index < -0.39 is 0 Å². The number of amides is 1. The fourth-order valence-corrected chi connectivity index (χ4v) is 3.32. The summed E-state index contributed by atoms with van der Waals surface area (Å²) in [6, 6.07) is 5.81. The molecular formula is C19H22N4O3. The van der Waals surface area contributed by atoms with Gasteiger partial charge in [0.15, 0.2) is 11.5 Å². The van der Waals surface area contributed by atoms with Crippen molar-refractivity contribution in [2.75, 3.05) is 12.1 Å². The molecule has 26 heavy (non-hydrogen) atoms. The van der Waals surface area contributed by atoms with Crippen molar-refractivity contribution >= 4 is 17.4 Å². The van der Waals surface area contributed by atoms with Crippen molar-refractivity contribution in [3.63, 3.8) is 0 Å². The molecule has 1 saturated carbocycles. The van der Waals surface area contributed by atoms with Crippen LogP contribution in [0.4, 0.5) is 11.5 Å². The average molecular weight is 354 g/mol. The van der Waals surface area contributed by atoms with Crippen LogP contribution in [0, 0.1) is 0 Å². The molecule has 2 N–H and O–H groups in total. The van der Waals surface area contributed by atoms with Gasteiger partial charge < -0.3 is 20.1 Å². The first kappa shape index (κ1) is 16.6. The van der Waals surface area contributed by atoms with E-state index >= 15 is 0 Å². The molecule has 1 aromatic heterocycles. The van der Waals surface area contributed by atoms with E-state index in [2.05, 4.69) is 20.6 Å². The lowest BCUT2D eigenvalue weighted by atomic mass is 10.1. The Hall–Kier alpha value is -2.83. The molecule has 1 aliphatic heterocycles. The first-order valence-electron chi connectivity index (χ1n) is 9.07. The summed E-state index contributed by atoms with van der Waals surface area (Å²) in [5, 5.41) is 6.23. The number of rotatable bonds is 4. The molecule has 2 heterocycles. The topological polar surface area (TPSA) is 85.4 Å². The second kappa shape index (κ2) is 7.59. The summed E-state index contributed by atoms with van der Waals surface area (Å²) in [4.78, 5) is 20.9. The molecule has 1 aromatic carbocycles. The van der Waals surface area contributed by atoms with Gasteiger partial charge in [-0.1, -0.05) is 25.7 Å². The molecule has 0 spiro atoms. The monoisotopic (exact) mass is 354 g/mol. The number of carbonyl (C=O) groups is 1. The van der Waals surface area contributed by atoms with Crippen molar-refractivity contribution in [3.05, 3.63) is 36.3 Å². The highest BCUT2D eigenvalue weighted by atomic mass is 16.7. The number of ether oxygens (including phenoxy) is 2. The minimum absolute atomic E-state index is 0.154. The van der Waals surface area contributed by atoms with Crippen LogP contribution in [0.25, 0.3) is 0 Å². The standard InChI is InChI=1S/C19H22N4O3/c24-19(23-13-5-3-1-2-4-6-13)15-10-21-18(11-20-15)22-14-7-8-16-17(9-14)26-12-25-16/h7-11,13H,1-6,12H2,(H,21,22)(H,23,24). The van der Waals surface area contributed by atoms with E-state index in [0.29, 0.717) is 17.3 Å². The highest BCUT2D eigenvalue weighted by molar-refractivity contribution is 5.92. The Morgan fingerprint density at radius 3 is 2.58 bits per heavy atom. The molecule has 0 saturated heterocycles. The Morgan fingerprint density at radius 1 is 1.00 bits per heavy atom. The van der Waals surface area contributed by atoms with Crippen LogP contribution in [0.2, 0.25) is 0 Å². The van der Waals surface area contributed by atoms with E-state index in [0.717, 1.165) is 24.3 Å². The zero-order valence-corrected chi connectivity index (χ0v) is 14.5. The van der Waals surface area contributed by atoms with Crippen molar-refractivity contribution in [2.24, 2.45) is 0 Å². The van der Waals surface area contributed by atoms with E-state index in [1.54, 1.807) is 6.20 Å². The predicted octanol–water partition coefficient (Wildman–Crippen LogP) is 3.40. The summed E-state index contributed by atoms with van der Waals surface area (Å²) in [5.74, 6) is 1.84. The summed E-state index contributed by atoms with van der Waals surface area (Å²) in [6.45, 7) is 0.239. The molecule has 1 fully saturated rings. The average Bonchev–Trinajstić information content (AvgIpc) is 2.97. The molecule has 0 unspecified atom stereocenters. The van der Waals surface area contributed by atoms with Gasteiger partial charge in [0, 0.05) is 17.8 Å². The minimum atomic E-state index is -0.154. The third kappa shape index (κ3) is 3.87. The van der Waals surface area contributed by atoms with Crippen LogP contribution >= 0.6 is 0 Å². The van der Waals surface area contributed by atoms with Gasteiger partial charge in [-0.05, 0) is 25.0 Å². The third-order valence-electron chi connectivity index (χ3n) is 4.72. The Morgan fingerprint density at radius 2 is 1.81 bits per heavy atom. The lowest BCUT2D eigenvalue weighted by Gasteiger charge is -2.15. The molecule has 0 radical (unpaired) electrons. The smallest absolute Gasteiger partial charge is 0.271 e. The Kier molecular flexibility index (Phi) is 4.86.